The van der Waals surface area contributed by atoms with E-state index in [0.717, 1.165) is 29.7 Å². The van der Waals surface area contributed by atoms with E-state index in [4.69, 9.17) is 4.74 Å². The first-order valence-electron chi connectivity index (χ1n) is 6.76. The summed E-state index contributed by atoms with van der Waals surface area (Å²) < 4.78 is 5.47. The van der Waals surface area contributed by atoms with Crippen LogP contribution in [-0.4, -0.2) is 20.1 Å². The molecule has 2 aromatic rings. The van der Waals surface area contributed by atoms with Crippen LogP contribution in [0.3, 0.4) is 0 Å². The van der Waals surface area contributed by atoms with E-state index in [1.807, 2.05) is 12.1 Å². The Morgan fingerprint density at radius 1 is 1.25 bits per heavy atom. The number of benzene rings is 2. The SMILES string of the molecule is CNC(=O)/C=C1/CCc2c(OC)ccc3cccc1c23. The van der Waals surface area contributed by atoms with Crippen molar-refractivity contribution in [3.63, 3.8) is 0 Å². The number of methoxy groups -OCH3 is 1. The van der Waals surface area contributed by atoms with E-state index in [-0.39, 0.29) is 5.91 Å². The van der Waals surface area contributed by atoms with Gasteiger partial charge in [-0.3, -0.25) is 4.79 Å². The quantitative estimate of drug-likeness (QED) is 0.850. The zero-order valence-corrected chi connectivity index (χ0v) is 11.7. The zero-order valence-electron chi connectivity index (χ0n) is 11.7. The van der Waals surface area contributed by atoms with Crippen LogP contribution in [0.2, 0.25) is 0 Å². The lowest BCUT2D eigenvalue weighted by molar-refractivity contribution is -0.116. The second-order valence-electron chi connectivity index (χ2n) is 4.93. The Morgan fingerprint density at radius 2 is 2.10 bits per heavy atom. The molecule has 0 spiro atoms. The summed E-state index contributed by atoms with van der Waals surface area (Å²) in [5.41, 5.74) is 3.48. The number of hydrogen-bond acceptors (Lipinski definition) is 2. The standard InChI is InChI=1S/C17H17NO2/c1-18-16(19)10-12-6-8-14-15(20-2)9-7-11-4-3-5-13(12)17(11)14/h3-5,7,9-10H,6,8H2,1-2H3,(H,18,19)/b12-10-. The molecular formula is C17H17NO2. The molecule has 0 aromatic heterocycles. The molecule has 0 bridgehead atoms. The number of hydrogen-bond donors (Lipinski definition) is 1. The summed E-state index contributed by atoms with van der Waals surface area (Å²) in [6.45, 7) is 0. The molecule has 102 valence electrons. The largest absolute Gasteiger partial charge is 0.496 e. The molecule has 2 aromatic carbocycles. The maximum absolute atomic E-state index is 11.6. The van der Waals surface area contributed by atoms with Gasteiger partial charge in [0.15, 0.2) is 0 Å². The summed E-state index contributed by atoms with van der Waals surface area (Å²) in [6, 6.07) is 10.3. The van der Waals surface area contributed by atoms with Crippen molar-refractivity contribution >= 4 is 22.3 Å². The fourth-order valence-corrected chi connectivity index (χ4v) is 2.92. The number of carbonyl (C=O) groups is 1. The van der Waals surface area contributed by atoms with Gasteiger partial charge in [-0.25, -0.2) is 0 Å². The van der Waals surface area contributed by atoms with Crippen molar-refractivity contribution in [2.75, 3.05) is 14.2 Å². The normalized spacial score (nSPS) is 15.4. The van der Waals surface area contributed by atoms with Crippen LogP contribution in [0, 0.1) is 0 Å². The maximum atomic E-state index is 11.6. The third kappa shape index (κ3) is 1.95. The summed E-state index contributed by atoms with van der Waals surface area (Å²) in [5.74, 6) is 0.882. The van der Waals surface area contributed by atoms with Crippen LogP contribution in [0.15, 0.2) is 36.4 Å². The van der Waals surface area contributed by atoms with Gasteiger partial charge in [-0.1, -0.05) is 24.3 Å². The zero-order chi connectivity index (χ0) is 14.1. The number of allylic oxidation sites excluding steroid dienone is 1. The minimum Gasteiger partial charge on any atom is -0.496 e. The highest BCUT2D eigenvalue weighted by Crippen LogP contribution is 2.40. The molecule has 1 aliphatic carbocycles. The highest BCUT2D eigenvalue weighted by atomic mass is 16.5. The van der Waals surface area contributed by atoms with Crippen LogP contribution in [-0.2, 0) is 11.2 Å². The third-order valence-electron chi connectivity index (χ3n) is 3.87. The molecule has 0 saturated carbocycles. The van der Waals surface area contributed by atoms with Gasteiger partial charge in [0.25, 0.3) is 0 Å². The van der Waals surface area contributed by atoms with Crippen molar-refractivity contribution in [3.8, 4) is 5.75 Å². The van der Waals surface area contributed by atoms with Crippen LogP contribution in [0.1, 0.15) is 17.5 Å². The van der Waals surface area contributed by atoms with Gasteiger partial charge >= 0.3 is 0 Å². The fourth-order valence-electron chi connectivity index (χ4n) is 2.92. The summed E-state index contributed by atoms with van der Waals surface area (Å²) in [7, 11) is 3.36. The number of carbonyl (C=O) groups excluding carboxylic acids is 1. The Morgan fingerprint density at radius 3 is 2.85 bits per heavy atom. The lowest BCUT2D eigenvalue weighted by Gasteiger charge is -2.22. The molecule has 0 unspecified atom stereocenters. The Labute approximate surface area is 118 Å². The van der Waals surface area contributed by atoms with E-state index in [9.17, 15) is 4.79 Å². The van der Waals surface area contributed by atoms with Gasteiger partial charge in [-0.2, -0.15) is 0 Å². The number of ether oxygens (including phenoxy) is 1. The molecular weight excluding hydrogens is 250 g/mol. The van der Waals surface area contributed by atoms with Crippen LogP contribution >= 0.6 is 0 Å². The molecule has 3 nitrogen and oxygen atoms in total. The number of likely N-dealkylation sites (N-methyl/N-ethyl adjacent to an activating group) is 1. The molecule has 3 heteroatoms. The molecule has 20 heavy (non-hydrogen) atoms. The molecule has 0 radical (unpaired) electrons. The van der Waals surface area contributed by atoms with Crippen molar-refractivity contribution in [3.05, 3.63) is 47.5 Å². The third-order valence-corrected chi connectivity index (χ3v) is 3.87. The second kappa shape index (κ2) is 5.00. The smallest absolute Gasteiger partial charge is 0.244 e. The first-order valence-corrected chi connectivity index (χ1v) is 6.76. The predicted octanol–water partition coefficient (Wildman–Crippen LogP) is 2.92. The lowest BCUT2D eigenvalue weighted by Crippen LogP contribution is -2.15. The molecule has 1 amide bonds. The van der Waals surface area contributed by atoms with Crippen LogP contribution in [0.4, 0.5) is 0 Å². The second-order valence-corrected chi connectivity index (χ2v) is 4.93. The van der Waals surface area contributed by atoms with Gasteiger partial charge in [-0.15, -0.1) is 0 Å². The maximum Gasteiger partial charge on any atom is 0.244 e. The highest BCUT2D eigenvalue weighted by molar-refractivity contribution is 6.04. The van der Waals surface area contributed by atoms with E-state index in [1.165, 1.54) is 16.3 Å². The van der Waals surface area contributed by atoms with Gasteiger partial charge in [0.05, 0.1) is 7.11 Å². The Balaban J connectivity index is 2.27. The summed E-state index contributed by atoms with van der Waals surface area (Å²) in [6.07, 6.45) is 3.47. The molecule has 1 aliphatic rings. The van der Waals surface area contributed by atoms with E-state index in [0.29, 0.717) is 0 Å². The average molecular weight is 267 g/mol. The first kappa shape index (κ1) is 12.7. The topological polar surface area (TPSA) is 38.3 Å². The first-order chi connectivity index (χ1) is 9.74. The predicted molar refractivity (Wildman–Crippen MR) is 80.9 cm³/mol. The lowest BCUT2D eigenvalue weighted by atomic mass is 9.84. The van der Waals surface area contributed by atoms with Gasteiger partial charge < -0.3 is 10.1 Å². The van der Waals surface area contributed by atoms with Crippen LogP contribution in [0.5, 0.6) is 5.75 Å². The van der Waals surface area contributed by atoms with Crippen LogP contribution in [0.25, 0.3) is 16.3 Å². The summed E-state index contributed by atoms with van der Waals surface area (Å²) in [4.78, 5) is 11.6. The molecule has 0 fully saturated rings. The Kier molecular flexibility index (Phi) is 3.18. The number of amides is 1. The average Bonchev–Trinajstić information content (AvgIpc) is 2.50. The Hall–Kier alpha value is -2.29. The molecule has 0 atom stereocenters. The van der Waals surface area contributed by atoms with Gasteiger partial charge in [0, 0.05) is 18.7 Å². The summed E-state index contributed by atoms with van der Waals surface area (Å²) in [5, 5.41) is 5.06. The van der Waals surface area contributed by atoms with Crippen LogP contribution < -0.4 is 10.1 Å². The van der Waals surface area contributed by atoms with Gasteiger partial charge in [0.1, 0.15) is 5.75 Å². The summed E-state index contributed by atoms with van der Waals surface area (Å²) >= 11 is 0. The fraction of sp³-hybridized carbons (Fsp3) is 0.235. The Bertz CT molecular complexity index is 716. The monoisotopic (exact) mass is 267 g/mol. The number of nitrogens with one attached hydrogen (secondary N) is 1. The van der Waals surface area contributed by atoms with E-state index in [2.05, 4.69) is 23.5 Å². The molecule has 0 aliphatic heterocycles. The molecule has 0 heterocycles. The van der Waals surface area contributed by atoms with Gasteiger partial charge in [-0.05, 0) is 40.8 Å². The molecule has 1 N–H and O–H groups in total. The van der Waals surface area contributed by atoms with Crippen molar-refractivity contribution in [2.24, 2.45) is 0 Å². The molecule has 3 rings (SSSR count). The van der Waals surface area contributed by atoms with Crippen molar-refractivity contribution in [1.82, 2.24) is 5.32 Å². The number of rotatable bonds is 2. The molecule has 0 saturated heterocycles. The van der Waals surface area contributed by atoms with Crippen molar-refractivity contribution < 1.29 is 9.53 Å². The van der Waals surface area contributed by atoms with E-state index < -0.39 is 0 Å². The van der Waals surface area contributed by atoms with Crippen molar-refractivity contribution in [1.29, 1.82) is 0 Å². The van der Waals surface area contributed by atoms with Gasteiger partial charge in [0.2, 0.25) is 5.91 Å². The van der Waals surface area contributed by atoms with E-state index >= 15 is 0 Å². The minimum atomic E-state index is -0.0525. The minimum absolute atomic E-state index is 0.0525. The van der Waals surface area contributed by atoms with Crippen molar-refractivity contribution in [2.45, 2.75) is 12.8 Å². The van der Waals surface area contributed by atoms with E-state index in [1.54, 1.807) is 20.2 Å². The highest BCUT2D eigenvalue weighted by Gasteiger charge is 2.19. The number of aryl methyl sites for hydroxylation is 1.